The quantitative estimate of drug-likeness (QED) is 0.789. The summed E-state index contributed by atoms with van der Waals surface area (Å²) in [5.41, 5.74) is 0. The number of methoxy groups -OCH3 is 2. The van der Waals surface area contributed by atoms with Crippen molar-refractivity contribution >= 4 is 22.7 Å². The lowest BCUT2D eigenvalue weighted by atomic mass is 10.5. The van der Waals surface area contributed by atoms with Crippen molar-refractivity contribution in [3.63, 3.8) is 0 Å². The molecule has 0 aliphatic heterocycles. The van der Waals surface area contributed by atoms with E-state index in [0.717, 1.165) is 33.7 Å². The fourth-order valence-electron chi connectivity index (χ4n) is 1.33. The van der Waals surface area contributed by atoms with Gasteiger partial charge >= 0.3 is 0 Å². The third kappa shape index (κ3) is 3.49. The zero-order chi connectivity index (χ0) is 12.8. The summed E-state index contributed by atoms with van der Waals surface area (Å²) in [6.45, 7) is 2.25. The second kappa shape index (κ2) is 6.79. The first-order chi connectivity index (χ1) is 8.83. The van der Waals surface area contributed by atoms with Crippen LogP contribution in [-0.2, 0) is 11.3 Å². The predicted octanol–water partition coefficient (Wildman–Crippen LogP) is 2.01. The molecule has 2 aromatic heterocycles. The minimum atomic E-state index is 0.702. The van der Waals surface area contributed by atoms with Gasteiger partial charge in [0, 0.05) is 31.6 Å². The molecule has 2 aromatic rings. The standard InChI is InChI=1S/C11H15N3O2S2/c1-15-4-3-12-6-10-13-14-11(18-10)9-5-8(16-2)7-17-9/h5,7,12H,3-4,6H2,1-2H3. The van der Waals surface area contributed by atoms with Crippen LogP contribution >= 0.6 is 22.7 Å². The van der Waals surface area contributed by atoms with E-state index >= 15 is 0 Å². The second-order valence-corrected chi connectivity index (χ2v) is 5.49. The van der Waals surface area contributed by atoms with E-state index in [1.807, 2.05) is 11.4 Å². The Hall–Kier alpha value is -1.02. The van der Waals surface area contributed by atoms with E-state index < -0.39 is 0 Å². The molecule has 0 saturated heterocycles. The first-order valence-corrected chi connectivity index (χ1v) is 7.18. The van der Waals surface area contributed by atoms with Crippen molar-refractivity contribution in [2.75, 3.05) is 27.4 Å². The van der Waals surface area contributed by atoms with Crippen LogP contribution in [0.25, 0.3) is 9.88 Å². The van der Waals surface area contributed by atoms with Gasteiger partial charge in [-0.2, -0.15) is 0 Å². The highest BCUT2D eigenvalue weighted by Gasteiger charge is 2.09. The van der Waals surface area contributed by atoms with Gasteiger partial charge in [-0.05, 0) is 0 Å². The van der Waals surface area contributed by atoms with Crippen LogP contribution in [0.4, 0.5) is 0 Å². The zero-order valence-electron chi connectivity index (χ0n) is 10.3. The summed E-state index contributed by atoms with van der Waals surface area (Å²) < 4.78 is 10.1. The first-order valence-electron chi connectivity index (χ1n) is 5.48. The molecule has 0 radical (unpaired) electrons. The summed E-state index contributed by atoms with van der Waals surface area (Å²) in [5, 5.41) is 15.5. The van der Waals surface area contributed by atoms with Crippen LogP contribution in [0.1, 0.15) is 5.01 Å². The Balaban J connectivity index is 1.93. The van der Waals surface area contributed by atoms with Gasteiger partial charge in [-0.25, -0.2) is 0 Å². The van der Waals surface area contributed by atoms with Crippen LogP contribution in [0.3, 0.4) is 0 Å². The molecule has 18 heavy (non-hydrogen) atoms. The molecule has 5 nitrogen and oxygen atoms in total. The molecule has 0 unspecified atom stereocenters. The lowest BCUT2D eigenvalue weighted by molar-refractivity contribution is 0.199. The van der Waals surface area contributed by atoms with E-state index in [0.29, 0.717) is 6.61 Å². The van der Waals surface area contributed by atoms with Crippen LogP contribution in [-0.4, -0.2) is 37.6 Å². The van der Waals surface area contributed by atoms with E-state index in [1.54, 1.807) is 36.9 Å². The summed E-state index contributed by atoms with van der Waals surface area (Å²) in [6.07, 6.45) is 0. The fraction of sp³-hybridized carbons (Fsp3) is 0.455. The normalized spacial score (nSPS) is 10.8. The lowest BCUT2D eigenvalue weighted by Crippen LogP contribution is -2.18. The van der Waals surface area contributed by atoms with E-state index in [2.05, 4.69) is 15.5 Å². The molecule has 0 aromatic carbocycles. The smallest absolute Gasteiger partial charge is 0.157 e. The van der Waals surface area contributed by atoms with Crippen molar-refractivity contribution in [3.8, 4) is 15.6 Å². The van der Waals surface area contributed by atoms with Gasteiger partial charge < -0.3 is 14.8 Å². The van der Waals surface area contributed by atoms with Crippen molar-refractivity contribution in [1.82, 2.24) is 15.5 Å². The van der Waals surface area contributed by atoms with Crippen molar-refractivity contribution < 1.29 is 9.47 Å². The highest BCUT2D eigenvalue weighted by molar-refractivity contribution is 7.20. The average Bonchev–Trinajstić information content (AvgIpc) is 3.03. The molecule has 0 saturated carbocycles. The topological polar surface area (TPSA) is 56.3 Å². The van der Waals surface area contributed by atoms with E-state index in [4.69, 9.17) is 9.47 Å². The van der Waals surface area contributed by atoms with Crippen LogP contribution in [0.15, 0.2) is 11.4 Å². The molecule has 0 amide bonds. The maximum atomic E-state index is 5.16. The van der Waals surface area contributed by atoms with Gasteiger partial charge in [0.05, 0.1) is 18.6 Å². The Morgan fingerprint density at radius 3 is 2.94 bits per heavy atom. The summed E-state index contributed by atoms with van der Waals surface area (Å²) in [5.74, 6) is 0.866. The number of nitrogens with one attached hydrogen (secondary N) is 1. The fourth-order valence-corrected chi connectivity index (χ4v) is 3.05. The van der Waals surface area contributed by atoms with Crippen molar-refractivity contribution in [1.29, 1.82) is 0 Å². The van der Waals surface area contributed by atoms with E-state index in [9.17, 15) is 0 Å². The van der Waals surface area contributed by atoms with E-state index in [-0.39, 0.29) is 0 Å². The largest absolute Gasteiger partial charge is 0.496 e. The number of rotatable bonds is 7. The average molecular weight is 285 g/mol. The summed E-state index contributed by atoms with van der Waals surface area (Å²) in [6, 6.07) is 1.98. The Labute approximate surface area is 114 Å². The van der Waals surface area contributed by atoms with Gasteiger partial charge in [0.2, 0.25) is 0 Å². The van der Waals surface area contributed by atoms with Crippen LogP contribution in [0.2, 0.25) is 0 Å². The van der Waals surface area contributed by atoms with Crippen molar-refractivity contribution in [3.05, 3.63) is 16.5 Å². The Bertz CT molecular complexity index is 484. The number of aromatic nitrogens is 2. The molecule has 0 bridgehead atoms. The number of ether oxygens (including phenoxy) is 2. The Kier molecular flexibility index (Phi) is 5.06. The molecule has 0 fully saturated rings. The van der Waals surface area contributed by atoms with Gasteiger partial charge in [0.25, 0.3) is 0 Å². The summed E-state index contributed by atoms with van der Waals surface area (Å²) in [4.78, 5) is 1.09. The van der Waals surface area contributed by atoms with Gasteiger partial charge in [-0.15, -0.1) is 21.5 Å². The Morgan fingerprint density at radius 1 is 1.33 bits per heavy atom. The summed E-state index contributed by atoms with van der Waals surface area (Å²) >= 11 is 3.21. The second-order valence-electron chi connectivity index (χ2n) is 3.52. The van der Waals surface area contributed by atoms with Gasteiger partial charge in [0.1, 0.15) is 10.8 Å². The third-order valence-electron chi connectivity index (χ3n) is 2.25. The maximum absolute atomic E-state index is 5.16. The number of thiophene rings is 1. The molecule has 2 heterocycles. The molecule has 0 atom stereocenters. The molecule has 98 valence electrons. The minimum absolute atomic E-state index is 0.702. The monoisotopic (exact) mass is 285 g/mol. The zero-order valence-corrected chi connectivity index (χ0v) is 11.9. The number of hydrogen-bond acceptors (Lipinski definition) is 7. The van der Waals surface area contributed by atoms with Crippen LogP contribution < -0.4 is 10.1 Å². The maximum Gasteiger partial charge on any atom is 0.157 e. The third-order valence-corrected chi connectivity index (χ3v) is 4.25. The highest BCUT2D eigenvalue weighted by atomic mass is 32.1. The number of nitrogens with zero attached hydrogens (tertiary/aromatic N) is 2. The molecule has 0 spiro atoms. The SMILES string of the molecule is COCCNCc1nnc(-c2cc(OC)cs2)s1. The first kappa shape index (κ1) is 13.4. The molecular formula is C11H15N3O2S2. The van der Waals surface area contributed by atoms with Gasteiger partial charge in [-0.1, -0.05) is 11.3 Å². The molecule has 7 heteroatoms. The lowest BCUT2D eigenvalue weighted by Gasteiger charge is -1.99. The van der Waals surface area contributed by atoms with Gasteiger partial charge in [-0.3, -0.25) is 0 Å². The molecular weight excluding hydrogens is 270 g/mol. The van der Waals surface area contributed by atoms with Crippen molar-refractivity contribution in [2.45, 2.75) is 6.54 Å². The van der Waals surface area contributed by atoms with E-state index in [1.165, 1.54) is 0 Å². The molecule has 1 N–H and O–H groups in total. The summed E-state index contributed by atoms with van der Waals surface area (Å²) in [7, 11) is 3.35. The van der Waals surface area contributed by atoms with Crippen LogP contribution in [0.5, 0.6) is 5.75 Å². The van der Waals surface area contributed by atoms with Crippen LogP contribution in [0, 0.1) is 0 Å². The minimum Gasteiger partial charge on any atom is -0.496 e. The Morgan fingerprint density at radius 2 is 2.22 bits per heavy atom. The van der Waals surface area contributed by atoms with Crippen molar-refractivity contribution in [2.24, 2.45) is 0 Å². The number of hydrogen-bond donors (Lipinski definition) is 1. The molecule has 2 rings (SSSR count). The highest BCUT2D eigenvalue weighted by Crippen LogP contribution is 2.32. The molecule has 0 aliphatic rings. The van der Waals surface area contributed by atoms with Gasteiger partial charge in [0.15, 0.2) is 5.01 Å². The molecule has 0 aliphatic carbocycles. The predicted molar refractivity (Wildman–Crippen MR) is 73.4 cm³/mol.